The van der Waals surface area contributed by atoms with Crippen molar-refractivity contribution in [1.82, 2.24) is 9.78 Å². The van der Waals surface area contributed by atoms with Crippen molar-refractivity contribution in [2.45, 2.75) is 33.2 Å². The molecule has 0 aliphatic heterocycles. The average Bonchev–Trinajstić information content (AvgIpc) is 2.42. The first kappa shape index (κ1) is 10.5. The number of aryl methyl sites for hydroxylation is 2. The Bertz CT molecular complexity index is 371. The van der Waals surface area contributed by atoms with Crippen LogP contribution >= 0.6 is 0 Å². The van der Waals surface area contributed by atoms with E-state index in [-0.39, 0.29) is 0 Å². The van der Waals surface area contributed by atoms with Crippen LogP contribution in [0.25, 0.3) is 0 Å². The molecule has 0 aliphatic carbocycles. The lowest BCUT2D eigenvalue weighted by molar-refractivity contribution is 0.112. The number of aromatic nitrogens is 2. The van der Waals surface area contributed by atoms with Gasteiger partial charge in [-0.2, -0.15) is 5.10 Å². The van der Waals surface area contributed by atoms with Crippen LogP contribution in [0.1, 0.15) is 34.6 Å². The van der Waals surface area contributed by atoms with Crippen molar-refractivity contribution < 1.29 is 4.79 Å². The standard InChI is InChI=1S/C11H14N2O/c1-4-5-6-7-13-10(3)11(8-14)9(2)12-13/h1,8H,5-7H2,2-3H3. The van der Waals surface area contributed by atoms with Crippen molar-refractivity contribution in [2.75, 3.05) is 0 Å². The third kappa shape index (κ3) is 2.02. The number of unbranched alkanes of at least 4 members (excludes halogenated alkanes) is 1. The quantitative estimate of drug-likeness (QED) is 0.411. The molecular weight excluding hydrogens is 176 g/mol. The van der Waals surface area contributed by atoms with Crippen LogP contribution in [-0.4, -0.2) is 16.1 Å². The minimum Gasteiger partial charge on any atom is -0.298 e. The Labute approximate surface area is 84.1 Å². The smallest absolute Gasteiger partial charge is 0.153 e. The Morgan fingerprint density at radius 3 is 2.79 bits per heavy atom. The van der Waals surface area contributed by atoms with Crippen LogP contribution in [0.15, 0.2) is 0 Å². The first-order chi connectivity index (χ1) is 6.70. The highest BCUT2D eigenvalue weighted by Gasteiger charge is 2.09. The van der Waals surface area contributed by atoms with Crippen molar-refractivity contribution in [3.63, 3.8) is 0 Å². The molecule has 0 saturated heterocycles. The highest BCUT2D eigenvalue weighted by atomic mass is 16.1. The third-order valence-electron chi connectivity index (χ3n) is 2.25. The van der Waals surface area contributed by atoms with Gasteiger partial charge in [0.15, 0.2) is 6.29 Å². The number of terminal acetylenes is 1. The zero-order valence-corrected chi connectivity index (χ0v) is 8.58. The largest absolute Gasteiger partial charge is 0.298 e. The van der Waals surface area contributed by atoms with E-state index in [1.54, 1.807) is 0 Å². The molecule has 0 radical (unpaired) electrons. The maximum Gasteiger partial charge on any atom is 0.153 e. The number of hydrogen-bond acceptors (Lipinski definition) is 2. The molecule has 0 amide bonds. The molecule has 14 heavy (non-hydrogen) atoms. The Balaban J connectivity index is 2.79. The zero-order chi connectivity index (χ0) is 10.6. The summed E-state index contributed by atoms with van der Waals surface area (Å²) in [5.41, 5.74) is 2.42. The van der Waals surface area contributed by atoms with Gasteiger partial charge in [-0.1, -0.05) is 0 Å². The van der Waals surface area contributed by atoms with Crippen LogP contribution in [0.4, 0.5) is 0 Å². The van der Waals surface area contributed by atoms with Gasteiger partial charge in [0.25, 0.3) is 0 Å². The van der Waals surface area contributed by atoms with Gasteiger partial charge in [0.2, 0.25) is 0 Å². The fourth-order valence-electron chi connectivity index (χ4n) is 1.43. The van der Waals surface area contributed by atoms with Crippen LogP contribution in [-0.2, 0) is 6.54 Å². The summed E-state index contributed by atoms with van der Waals surface area (Å²) in [7, 11) is 0. The molecule has 3 nitrogen and oxygen atoms in total. The molecule has 74 valence electrons. The van der Waals surface area contributed by atoms with Gasteiger partial charge >= 0.3 is 0 Å². The third-order valence-corrected chi connectivity index (χ3v) is 2.25. The van der Waals surface area contributed by atoms with E-state index in [9.17, 15) is 4.79 Å². The molecule has 3 heteroatoms. The van der Waals surface area contributed by atoms with E-state index in [0.717, 1.165) is 37.1 Å². The normalized spacial score (nSPS) is 9.79. The number of carbonyl (C=O) groups is 1. The second-order valence-corrected chi connectivity index (χ2v) is 3.23. The van der Waals surface area contributed by atoms with E-state index in [1.165, 1.54) is 0 Å². The molecule has 0 fully saturated rings. The van der Waals surface area contributed by atoms with Crippen molar-refractivity contribution in [2.24, 2.45) is 0 Å². The SMILES string of the molecule is C#CCCCn1nc(C)c(C=O)c1C. The van der Waals surface area contributed by atoms with E-state index >= 15 is 0 Å². The monoisotopic (exact) mass is 190 g/mol. The molecule has 0 aromatic carbocycles. The van der Waals surface area contributed by atoms with Gasteiger partial charge in [-0.3, -0.25) is 9.48 Å². The summed E-state index contributed by atoms with van der Waals surface area (Å²) in [6, 6.07) is 0. The number of carbonyl (C=O) groups excluding carboxylic acids is 1. The van der Waals surface area contributed by atoms with Gasteiger partial charge in [0.1, 0.15) is 0 Å². The van der Waals surface area contributed by atoms with Crippen molar-refractivity contribution >= 4 is 6.29 Å². The fraction of sp³-hybridized carbons (Fsp3) is 0.455. The Hall–Kier alpha value is -1.56. The Kier molecular flexibility index (Phi) is 3.47. The highest BCUT2D eigenvalue weighted by molar-refractivity contribution is 5.77. The molecule has 1 heterocycles. The number of aldehydes is 1. The topological polar surface area (TPSA) is 34.9 Å². The first-order valence-electron chi connectivity index (χ1n) is 4.63. The van der Waals surface area contributed by atoms with Crippen molar-refractivity contribution in [1.29, 1.82) is 0 Å². The van der Waals surface area contributed by atoms with Crippen LogP contribution in [0, 0.1) is 26.2 Å². The average molecular weight is 190 g/mol. The summed E-state index contributed by atoms with van der Waals surface area (Å²) >= 11 is 0. The van der Waals surface area contributed by atoms with Crippen LogP contribution in [0.3, 0.4) is 0 Å². The minimum atomic E-state index is 0.700. The van der Waals surface area contributed by atoms with Gasteiger partial charge in [-0.25, -0.2) is 0 Å². The fourth-order valence-corrected chi connectivity index (χ4v) is 1.43. The molecule has 0 spiro atoms. The van der Waals surface area contributed by atoms with Gasteiger partial charge in [-0.15, -0.1) is 12.3 Å². The number of rotatable bonds is 4. The molecule has 1 rings (SSSR count). The maximum absolute atomic E-state index is 10.7. The Morgan fingerprint density at radius 1 is 1.57 bits per heavy atom. The summed E-state index contributed by atoms with van der Waals surface area (Å²) in [6.07, 6.45) is 7.66. The highest BCUT2D eigenvalue weighted by Crippen LogP contribution is 2.10. The maximum atomic E-state index is 10.7. The molecule has 1 aromatic heterocycles. The molecule has 0 unspecified atom stereocenters. The van der Waals surface area contributed by atoms with E-state index in [0.29, 0.717) is 5.56 Å². The summed E-state index contributed by atoms with van der Waals surface area (Å²) in [6.45, 7) is 4.53. The molecule has 0 aliphatic rings. The summed E-state index contributed by atoms with van der Waals surface area (Å²) in [5.74, 6) is 2.58. The molecule has 0 saturated carbocycles. The molecule has 0 atom stereocenters. The van der Waals surface area contributed by atoms with Gasteiger partial charge in [-0.05, 0) is 20.3 Å². The van der Waals surface area contributed by atoms with E-state index < -0.39 is 0 Å². The lowest BCUT2D eigenvalue weighted by atomic mass is 10.2. The summed E-state index contributed by atoms with van der Waals surface area (Å²) < 4.78 is 1.84. The van der Waals surface area contributed by atoms with Gasteiger partial charge in [0.05, 0.1) is 11.3 Å². The summed E-state index contributed by atoms with van der Waals surface area (Å²) in [4.78, 5) is 10.7. The predicted molar refractivity (Wildman–Crippen MR) is 55.2 cm³/mol. The molecule has 0 N–H and O–H groups in total. The lowest BCUT2D eigenvalue weighted by Gasteiger charge is -2.01. The van der Waals surface area contributed by atoms with E-state index in [4.69, 9.17) is 6.42 Å². The lowest BCUT2D eigenvalue weighted by Crippen LogP contribution is -2.02. The van der Waals surface area contributed by atoms with Crippen LogP contribution in [0.2, 0.25) is 0 Å². The Morgan fingerprint density at radius 2 is 2.29 bits per heavy atom. The second-order valence-electron chi connectivity index (χ2n) is 3.23. The first-order valence-corrected chi connectivity index (χ1v) is 4.63. The number of hydrogen-bond donors (Lipinski definition) is 0. The summed E-state index contributed by atoms with van der Waals surface area (Å²) in [5, 5.41) is 4.27. The van der Waals surface area contributed by atoms with Gasteiger partial charge < -0.3 is 0 Å². The van der Waals surface area contributed by atoms with E-state index in [2.05, 4.69) is 11.0 Å². The molecule has 1 aromatic rings. The van der Waals surface area contributed by atoms with Gasteiger partial charge in [0, 0.05) is 18.7 Å². The van der Waals surface area contributed by atoms with Crippen LogP contribution in [0.5, 0.6) is 0 Å². The van der Waals surface area contributed by atoms with Crippen molar-refractivity contribution in [3.05, 3.63) is 17.0 Å². The minimum absolute atomic E-state index is 0.700. The van der Waals surface area contributed by atoms with Crippen LogP contribution < -0.4 is 0 Å². The zero-order valence-electron chi connectivity index (χ0n) is 8.58. The predicted octanol–water partition coefficient (Wildman–Crippen LogP) is 1.73. The van der Waals surface area contributed by atoms with E-state index in [1.807, 2.05) is 18.5 Å². The second kappa shape index (κ2) is 4.61. The molecule has 0 bridgehead atoms. The number of nitrogens with zero attached hydrogens (tertiary/aromatic N) is 2. The molecular formula is C11H14N2O. The van der Waals surface area contributed by atoms with Crippen molar-refractivity contribution in [3.8, 4) is 12.3 Å².